The molecule has 0 saturated carbocycles. The van der Waals surface area contributed by atoms with Gasteiger partial charge in [0.15, 0.2) is 0 Å². The van der Waals surface area contributed by atoms with Crippen LogP contribution in [-0.4, -0.2) is 59.2 Å². The summed E-state index contributed by atoms with van der Waals surface area (Å²) in [5.41, 5.74) is 3.14. The zero-order valence-corrected chi connectivity index (χ0v) is 17.4. The van der Waals surface area contributed by atoms with Gasteiger partial charge in [0.1, 0.15) is 0 Å². The number of fused-ring (bicyclic) bond motifs is 1. The lowest BCUT2D eigenvalue weighted by atomic mass is 10.2. The van der Waals surface area contributed by atoms with E-state index < -0.39 is 0 Å². The number of hydrogen-bond acceptors (Lipinski definition) is 5. The van der Waals surface area contributed by atoms with E-state index in [0.29, 0.717) is 5.02 Å². The van der Waals surface area contributed by atoms with Gasteiger partial charge in [-0.25, -0.2) is 4.98 Å². The Labute approximate surface area is 177 Å². The van der Waals surface area contributed by atoms with E-state index >= 15 is 0 Å². The fourth-order valence-electron chi connectivity index (χ4n) is 3.78. The number of rotatable bonds is 8. The molecule has 0 aliphatic carbocycles. The molecule has 0 N–H and O–H groups in total. The Morgan fingerprint density at radius 2 is 1.93 bits per heavy atom. The number of aromatic nitrogens is 2. The van der Waals surface area contributed by atoms with Crippen LogP contribution in [0.5, 0.6) is 0 Å². The molecular weight excluding hydrogens is 384 g/mol. The quantitative estimate of drug-likeness (QED) is 0.561. The highest BCUT2D eigenvalue weighted by atomic mass is 35.5. The molecule has 1 saturated heterocycles. The van der Waals surface area contributed by atoms with Gasteiger partial charge in [0.2, 0.25) is 0 Å². The summed E-state index contributed by atoms with van der Waals surface area (Å²) >= 11 is 6.36. The van der Waals surface area contributed by atoms with Crippen LogP contribution < -0.4 is 0 Å². The maximum atomic E-state index is 6.36. The van der Waals surface area contributed by atoms with Crippen LogP contribution in [0.25, 0.3) is 10.9 Å². The Morgan fingerprint density at radius 3 is 2.76 bits per heavy atom. The highest BCUT2D eigenvalue weighted by Gasteiger charge is 2.13. The van der Waals surface area contributed by atoms with Gasteiger partial charge in [0.25, 0.3) is 0 Å². The third-order valence-corrected chi connectivity index (χ3v) is 5.60. The Balaban J connectivity index is 1.44. The molecule has 152 valence electrons. The molecule has 3 heterocycles. The summed E-state index contributed by atoms with van der Waals surface area (Å²) in [7, 11) is 0. The number of hydrogen-bond donors (Lipinski definition) is 0. The monoisotopic (exact) mass is 410 g/mol. The van der Waals surface area contributed by atoms with Crippen molar-refractivity contribution in [3.8, 4) is 0 Å². The van der Waals surface area contributed by atoms with E-state index in [1.54, 1.807) is 0 Å². The fraction of sp³-hybridized carbons (Fsp3) is 0.391. The van der Waals surface area contributed by atoms with E-state index in [4.69, 9.17) is 21.3 Å². The van der Waals surface area contributed by atoms with Gasteiger partial charge in [0.05, 0.1) is 29.4 Å². The summed E-state index contributed by atoms with van der Waals surface area (Å²) in [6.45, 7) is 7.53. The van der Waals surface area contributed by atoms with Crippen molar-refractivity contribution in [1.82, 2.24) is 19.8 Å². The first-order valence-corrected chi connectivity index (χ1v) is 10.6. The molecule has 1 aliphatic rings. The first kappa shape index (κ1) is 20.2. The second-order valence-electron chi connectivity index (χ2n) is 7.49. The number of halogens is 1. The van der Waals surface area contributed by atoms with Crippen molar-refractivity contribution < 1.29 is 4.74 Å². The SMILES string of the molecule is Clc1cccc2ccc(CN(CCCN3CCOCC3)Cc3cccnc3)nc12. The molecule has 0 bridgehead atoms. The number of pyridine rings is 2. The Morgan fingerprint density at radius 1 is 1.03 bits per heavy atom. The molecule has 2 aromatic heterocycles. The van der Waals surface area contributed by atoms with E-state index in [-0.39, 0.29) is 0 Å². The van der Waals surface area contributed by atoms with Crippen molar-refractivity contribution in [2.24, 2.45) is 0 Å². The normalized spacial score (nSPS) is 15.2. The van der Waals surface area contributed by atoms with Crippen LogP contribution in [0.1, 0.15) is 17.7 Å². The summed E-state index contributed by atoms with van der Waals surface area (Å²) in [6.07, 6.45) is 4.88. The summed E-state index contributed by atoms with van der Waals surface area (Å²) in [5, 5.41) is 1.78. The van der Waals surface area contributed by atoms with Crippen LogP contribution in [0, 0.1) is 0 Å². The highest BCUT2D eigenvalue weighted by molar-refractivity contribution is 6.35. The summed E-state index contributed by atoms with van der Waals surface area (Å²) in [4.78, 5) is 14.0. The van der Waals surface area contributed by atoms with Gasteiger partial charge in [-0.15, -0.1) is 0 Å². The predicted molar refractivity (Wildman–Crippen MR) is 117 cm³/mol. The molecule has 0 amide bonds. The summed E-state index contributed by atoms with van der Waals surface area (Å²) < 4.78 is 5.45. The summed E-state index contributed by atoms with van der Waals surface area (Å²) in [5.74, 6) is 0. The van der Waals surface area contributed by atoms with Gasteiger partial charge in [-0.3, -0.25) is 14.8 Å². The van der Waals surface area contributed by atoms with Gasteiger partial charge in [-0.2, -0.15) is 0 Å². The first-order chi connectivity index (χ1) is 14.3. The minimum atomic E-state index is 0.704. The van der Waals surface area contributed by atoms with Gasteiger partial charge < -0.3 is 4.74 Å². The van der Waals surface area contributed by atoms with Crippen molar-refractivity contribution in [2.45, 2.75) is 19.5 Å². The summed E-state index contributed by atoms with van der Waals surface area (Å²) in [6, 6.07) is 14.3. The van der Waals surface area contributed by atoms with Crippen LogP contribution >= 0.6 is 11.6 Å². The topological polar surface area (TPSA) is 41.5 Å². The molecule has 1 fully saturated rings. The van der Waals surface area contributed by atoms with Gasteiger partial charge in [-0.1, -0.05) is 35.9 Å². The molecule has 0 radical (unpaired) electrons. The maximum Gasteiger partial charge on any atom is 0.0891 e. The molecule has 0 unspecified atom stereocenters. The zero-order chi connectivity index (χ0) is 19.9. The average Bonchev–Trinajstić information content (AvgIpc) is 2.76. The van der Waals surface area contributed by atoms with E-state index in [2.05, 4.69) is 33.0 Å². The minimum Gasteiger partial charge on any atom is -0.379 e. The maximum absolute atomic E-state index is 6.36. The molecule has 29 heavy (non-hydrogen) atoms. The number of para-hydroxylation sites is 1. The number of ether oxygens (including phenoxy) is 1. The molecule has 0 atom stereocenters. The molecular formula is C23H27ClN4O. The van der Waals surface area contributed by atoms with E-state index in [1.807, 2.05) is 36.7 Å². The van der Waals surface area contributed by atoms with Crippen molar-refractivity contribution in [3.05, 3.63) is 71.1 Å². The Kier molecular flexibility index (Phi) is 7.06. The van der Waals surface area contributed by atoms with Gasteiger partial charge in [0, 0.05) is 50.5 Å². The van der Waals surface area contributed by atoms with Crippen molar-refractivity contribution in [3.63, 3.8) is 0 Å². The van der Waals surface area contributed by atoms with Gasteiger partial charge in [-0.05, 0) is 36.7 Å². The lowest BCUT2D eigenvalue weighted by Gasteiger charge is -2.28. The second kappa shape index (κ2) is 10.1. The molecule has 5 nitrogen and oxygen atoms in total. The van der Waals surface area contributed by atoms with Crippen LogP contribution in [0.4, 0.5) is 0 Å². The average molecular weight is 411 g/mol. The van der Waals surface area contributed by atoms with Crippen LogP contribution in [0.15, 0.2) is 54.9 Å². The van der Waals surface area contributed by atoms with Crippen molar-refractivity contribution >= 4 is 22.5 Å². The highest BCUT2D eigenvalue weighted by Crippen LogP contribution is 2.22. The van der Waals surface area contributed by atoms with E-state index in [0.717, 1.165) is 75.5 Å². The van der Waals surface area contributed by atoms with Gasteiger partial charge >= 0.3 is 0 Å². The van der Waals surface area contributed by atoms with Crippen molar-refractivity contribution in [2.75, 3.05) is 39.4 Å². The Bertz CT molecular complexity index is 915. The predicted octanol–water partition coefficient (Wildman–Crippen LogP) is 4.01. The van der Waals surface area contributed by atoms with Crippen molar-refractivity contribution in [1.29, 1.82) is 0 Å². The lowest BCUT2D eigenvalue weighted by molar-refractivity contribution is 0.0358. The zero-order valence-electron chi connectivity index (χ0n) is 16.6. The Hall–Kier alpha value is -2.05. The van der Waals surface area contributed by atoms with Crippen LogP contribution in [0.2, 0.25) is 5.02 Å². The van der Waals surface area contributed by atoms with E-state index in [9.17, 15) is 0 Å². The molecule has 1 aromatic carbocycles. The smallest absolute Gasteiger partial charge is 0.0891 e. The van der Waals surface area contributed by atoms with E-state index in [1.165, 1.54) is 5.56 Å². The second-order valence-corrected chi connectivity index (χ2v) is 7.90. The van der Waals surface area contributed by atoms with Crippen LogP contribution in [-0.2, 0) is 17.8 Å². The minimum absolute atomic E-state index is 0.704. The lowest BCUT2D eigenvalue weighted by Crippen LogP contribution is -2.38. The van der Waals surface area contributed by atoms with Crippen LogP contribution in [0.3, 0.4) is 0 Å². The largest absolute Gasteiger partial charge is 0.379 e. The third-order valence-electron chi connectivity index (χ3n) is 5.30. The number of benzene rings is 1. The number of morpholine rings is 1. The molecule has 0 spiro atoms. The molecule has 6 heteroatoms. The molecule has 4 rings (SSSR count). The molecule has 1 aliphatic heterocycles. The first-order valence-electron chi connectivity index (χ1n) is 10.2. The third kappa shape index (κ3) is 5.73. The fourth-order valence-corrected chi connectivity index (χ4v) is 4.00. The molecule has 3 aromatic rings. The standard InChI is InChI=1S/C23H27ClN4O/c24-22-6-1-5-20-7-8-21(26-23(20)22)18-28(17-19-4-2-9-25-16-19)11-3-10-27-12-14-29-15-13-27/h1-2,4-9,16H,3,10-15,17-18H2. The number of nitrogens with zero attached hydrogens (tertiary/aromatic N) is 4.